The van der Waals surface area contributed by atoms with E-state index in [2.05, 4.69) is 14.9 Å². The lowest BCUT2D eigenvalue weighted by Gasteiger charge is -2.24. The Hall–Kier alpha value is -0.870. The molecule has 5 heteroatoms. The molecule has 1 unspecified atom stereocenters. The van der Waals surface area contributed by atoms with E-state index in [0.29, 0.717) is 11.1 Å². The molecule has 1 aromatic heterocycles. The van der Waals surface area contributed by atoms with Crippen LogP contribution in [0.5, 0.6) is 0 Å². The van der Waals surface area contributed by atoms with Crippen molar-refractivity contribution in [3.8, 4) is 0 Å². The molecule has 2 rings (SSSR count). The van der Waals surface area contributed by atoms with Gasteiger partial charge in [0.2, 0.25) is 0 Å². The number of nitrogens with zero attached hydrogens (tertiary/aromatic N) is 3. The Kier molecular flexibility index (Phi) is 2.84. The number of rotatable bonds is 2. The van der Waals surface area contributed by atoms with Crippen LogP contribution in [0.4, 0.5) is 5.82 Å². The fourth-order valence-electron chi connectivity index (χ4n) is 1.57. The molecule has 14 heavy (non-hydrogen) atoms. The SMILES string of the molecule is CN(c1ncncc1Cl)C1CCOC1. The van der Waals surface area contributed by atoms with Crippen LogP contribution in [0.15, 0.2) is 12.5 Å². The van der Waals surface area contributed by atoms with Gasteiger partial charge in [-0.25, -0.2) is 9.97 Å². The molecule has 0 radical (unpaired) electrons. The molecule has 1 aliphatic rings. The van der Waals surface area contributed by atoms with E-state index < -0.39 is 0 Å². The van der Waals surface area contributed by atoms with Gasteiger partial charge in [0, 0.05) is 13.7 Å². The second-order valence-electron chi connectivity index (χ2n) is 3.32. The molecular weight excluding hydrogens is 202 g/mol. The molecule has 0 aliphatic carbocycles. The number of hydrogen-bond donors (Lipinski definition) is 0. The van der Waals surface area contributed by atoms with Crippen molar-refractivity contribution in [2.24, 2.45) is 0 Å². The van der Waals surface area contributed by atoms with Crippen LogP contribution in [0.3, 0.4) is 0 Å². The Morgan fingerprint density at radius 2 is 2.50 bits per heavy atom. The highest BCUT2D eigenvalue weighted by Gasteiger charge is 2.22. The predicted octanol–water partition coefficient (Wildman–Crippen LogP) is 1.36. The number of anilines is 1. The summed E-state index contributed by atoms with van der Waals surface area (Å²) >= 11 is 5.99. The molecule has 1 aliphatic heterocycles. The monoisotopic (exact) mass is 213 g/mol. The van der Waals surface area contributed by atoms with E-state index in [-0.39, 0.29) is 0 Å². The molecule has 0 saturated carbocycles. The van der Waals surface area contributed by atoms with Gasteiger partial charge in [0.25, 0.3) is 0 Å². The summed E-state index contributed by atoms with van der Waals surface area (Å²) in [5, 5.41) is 0.585. The quantitative estimate of drug-likeness (QED) is 0.744. The van der Waals surface area contributed by atoms with Gasteiger partial charge >= 0.3 is 0 Å². The second kappa shape index (κ2) is 4.11. The van der Waals surface area contributed by atoms with Gasteiger partial charge in [-0.3, -0.25) is 0 Å². The molecule has 2 heterocycles. The second-order valence-corrected chi connectivity index (χ2v) is 3.73. The van der Waals surface area contributed by atoms with E-state index in [0.717, 1.165) is 25.5 Å². The fraction of sp³-hybridized carbons (Fsp3) is 0.556. The summed E-state index contributed by atoms with van der Waals surface area (Å²) < 4.78 is 5.31. The minimum Gasteiger partial charge on any atom is -0.379 e. The van der Waals surface area contributed by atoms with Crippen LogP contribution in [-0.2, 0) is 4.74 Å². The molecule has 4 nitrogen and oxygen atoms in total. The Labute approximate surface area is 87.9 Å². The Morgan fingerprint density at radius 3 is 3.14 bits per heavy atom. The summed E-state index contributed by atoms with van der Waals surface area (Å²) in [6.07, 6.45) is 4.14. The smallest absolute Gasteiger partial charge is 0.150 e. The molecule has 1 saturated heterocycles. The lowest BCUT2D eigenvalue weighted by Crippen LogP contribution is -2.32. The Balaban J connectivity index is 2.17. The van der Waals surface area contributed by atoms with Crippen molar-refractivity contribution in [2.75, 3.05) is 25.2 Å². The average Bonchev–Trinajstić information content (AvgIpc) is 2.70. The maximum absolute atomic E-state index is 5.99. The largest absolute Gasteiger partial charge is 0.379 e. The van der Waals surface area contributed by atoms with E-state index in [9.17, 15) is 0 Å². The highest BCUT2D eigenvalue weighted by atomic mass is 35.5. The first-order valence-electron chi connectivity index (χ1n) is 4.55. The summed E-state index contributed by atoms with van der Waals surface area (Å²) in [6, 6.07) is 0.377. The van der Waals surface area contributed by atoms with E-state index in [1.807, 2.05) is 7.05 Å². The number of likely N-dealkylation sites (N-methyl/N-ethyl adjacent to an activating group) is 1. The third-order valence-corrected chi connectivity index (χ3v) is 2.70. The standard InChI is InChI=1S/C9H12ClN3O/c1-13(7-2-3-14-5-7)9-8(10)4-11-6-12-9/h4,6-7H,2-3,5H2,1H3. The summed E-state index contributed by atoms with van der Waals surface area (Å²) in [5.74, 6) is 0.775. The van der Waals surface area contributed by atoms with Gasteiger partial charge < -0.3 is 9.64 Å². The van der Waals surface area contributed by atoms with Crippen LogP contribution in [0, 0.1) is 0 Å². The third-order valence-electron chi connectivity index (χ3n) is 2.44. The lowest BCUT2D eigenvalue weighted by molar-refractivity contribution is 0.193. The molecule has 76 valence electrons. The summed E-state index contributed by atoms with van der Waals surface area (Å²) in [4.78, 5) is 10.1. The van der Waals surface area contributed by atoms with Gasteiger partial charge in [0.1, 0.15) is 11.3 Å². The van der Waals surface area contributed by atoms with Gasteiger partial charge in [0.05, 0.1) is 18.8 Å². The van der Waals surface area contributed by atoms with Crippen molar-refractivity contribution in [2.45, 2.75) is 12.5 Å². The Bertz CT molecular complexity index is 315. The molecule has 0 N–H and O–H groups in total. The molecular formula is C9H12ClN3O. The predicted molar refractivity (Wildman–Crippen MR) is 54.7 cm³/mol. The average molecular weight is 214 g/mol. The summed E-state index contributed by atoms with van der Waals surface area (Å²) in [7, 11) is 1.98. The molecule has 1 fully saturated rings. The van der Waals surface area contributed by atoms with Gasteiger partial charge in [-0.15, -0.1) is 0 Å². The van der Waals surface area contributed by atoms with Crippen LogP contribution < -0.4 is 4.90 Å². The summed E-state index contributed by atoms with van der Waals surface area (Å²) in [5.41, 5.74) is 0. The van der Waals surface area contributed by atoms with E-state index in [1.54, 1.807) is 6.20 Å². The Morgan fingerprint density at radius 1 is 1.64 bits per heavy atom. The fourth-order valence-corrected chi connectivity index (χ4v) is 1.80. The maximum Gasteiger partial charge on any atom is 0.150 e. The van der Waals surface area contributed by atoms with Crippen LogP contribution in [0.25, 0.3) is 0 Å². The van der Waals surface area contributed by atoms with Gasteiger partial charge in [-0.2, -0.15) is 0 Å². The zero-order chi connectivity index (χ0) is 9.97. The molecule has 0 aromatic carbocycles. The van der Waals surface area contributed by atoms with Gasteiger partial charge in [0.15, 0.2) is 5.82 Å². The van der Waals surface area contributed by atoms with E-state index in [1.165, 1.54) is 6.33 Å². The number of hydrogen-bond acceptors (Lipinski definition) is 4. The molecule has 1 atom stereocenters. The van der Waals surface area contributed by atoms with Crippen molar-refractivity contribution in [3.63, 3.8) is 0 Å². The first-order chi connectivity index (χ1) is 6.79. The highest BCUT2D eigenvalue weighted by Crippen LogP contribution is 2.24. The van der Waals surface area contributed by atoms with Crippen molar-refractivity contribution < 1.29 is 4.74 Å². The summed E-state index contributed by atoms with van der Waals surface area (Å²) in [6.45, 7) is 1.56. The van der Waals surface area contributed by atoms with Gasteiger partial charge in [-0.1, -0.05) is 11.6 Å². The number of ether oxygens (including phenoxy) is 1. The molecule has 1 aromatic rings. The van der Waals surface area contributed by atoms with Crippen molar-refractivity contribution in [3.05, 3.63) is 17.5 Å². The maximum atomic E-state index is 5.99. The van der Waals surface area contributed by atoms with Crippen molar-refractivity contribution >= 4 is 17.4 Å². The first-order valence-corrected chi connectivity index (χ1v) is 4.93. The van der Waals surface area contributed by atoms with Crippen LogP contribution >= 0.6 is 11.6 Å². The molecule has 0 spiro atoms. The topological polar surface area (TPSA) is 38.2 Å². The lowest BCUT2D eigenvalue weighted by atomic mass is 10.2. The first kappa shape index (κ1) is 9.68. The third kappa shape index (κ3) is 1.81. The van der Waals surface area contributed by atoms with Crippen LogP contribution in [-0.4, -0.2) is 36.3 Å². The van der Waals surface area contributed by atoms with E-state index >= 15 is 0 Å². The van der Waals surface area contributed by atoms with Crippen LogP contribution in [0.2, 0.25) is 5.02 Å². The molecule has 0 amide bonds. The number of halogens is 1. The normalized spacial score (nSPS) is 21.1. The van der Waals surface area contributed by atoms with E-state index in [4.69, 9.17) is 16.3 Å². The van der Waals surface area contributed by atoms with Crippen molar-refractivity contribution in [1.29, 1.82) is 0 Å². The zero-order valence-electron chi connectivity index (χ0n) is 7.98. The molecule has 0 bridgehead atoms. The van der Waals surface area contributed by atoms with Crippen LogP contribution in [0.1, 0.15) is 6.42 Å². The minimum absolute atomic E-state index is 0.377. The highest BCUT2D eigenvalue weighted by molar-refractivity contribution is 6.32. The minimum atomic E-state index is 0.377. The number of aromatic nitrogens is 2. The van der Waals surface area contributed by atoms with Crippen molar-refractivity contribution in [1.82, 2.24) is 9.97 Å². The van der Waals surface area contributed by atoms with Gasteiger partial charge in [-0.05, 0) is 6.42 Å². The zero-order valence-corrected chi connectivity index (χ0v) is 8.74.